The Morgan fingerprint density at radius 1 is 0.943 bits per heavy atom. The molecule has 0 spiro atoms. The van der Waals surface area contributed by atoms with Crippen molar-refractivity contribution in [1.29, 1.82) is 0 Å². The number of benzene rings is 3. The van der Waals surface area contributed by atoms with Crippen LogP contribution in [-0.4, -0.2) is 31.7 Å². The predicted molar refractivity (Wildman–Crippen MR) is 135 cm³/mol. The van der Waals surface area contributed by atoms with E-state index in [0.717, 1.165) is 12.0 Å². The van der Waals surface area contributed by atoms with Gasteiger partial charge in [0.25, 0.3) is 0 Å². The third-order valence-electron chi connectivity index (χ3n) is 4.67. The molecule has 3 rings (SSSR count). The SMILES string of the molecule is CCCOc1ccc(NC(=O)C(=O)N/N=C\c2ccc(OCc3ccc(Cl)cc3)c(OC)c2)cc1. The van der Waals surface area contributed by atoms with Gasteiger partial charge >= 0.3 is 11.8 Å². The fourth-order valence-corrected chi connectivity index (χ4v) is 3.01. The van der Waals surface area contributed by atoms with Gasteiger partial charge in [0, 0.05) is 10.7 Å². The van der Waals surface area contributed by atoms with Gasteiger partial charge in [0.1, 0.15) is 12.4 Å². The molecule has 0 fully saturated rings. The van der Waals surface area contributed by atoms with Crippen molar-refractivity contribution < 1.29 is 23.8 Å². The highest BCUT2D eigenvalue weighted by molar-refractivity contribution is 6.39. The molecule has 0 saturated heterocycles. The third kappa shape index (κ3) is 8.04. The molecular formula is C26H26ClN3O5. The second-order valence-electron chi connectivity index (χ2n) is 7.35. The van der Waals surface area contributed by atoms with Gasteiger partial charge < -0.3 is 19.5 Å². The quantitative estimate of drug-likeness (QED) is 0.239. The Morgan fingerprint density at radius 3 is 2.37 bits per heavy atom. The number of carbonyl (C=O) groups excluding carboxylic acids is 2. The van der Waals surface area contributed by atoms with E-state index in [-0.39, 0.29) is 0 Å². The average molecular weight is 496 g/mol. The van der Waals surface area contributed by atoms with Crippen LogP contribution in [0.4, 0.5) is 5.69 Å². The van der Waals surface area contributed by atoms with Crippen molar-refractivity contribution in [2.45, 2.75) is 20.0 Å². The second kappa shape index (κ2) is 13.0. The average Bonchev–Trinajstić information content (AvgIpc) is 2.88. The lowest BCUT2D eigenvalue weighted by molar-refractivity contribution is -0.136. The number of rotatable bonds is 10. The molecule has 0 atom stereocenters. The molecule has 3 aromatic rings. The Kier molecular flexibility index (Phi) is 9.50. The van der Waals surface area contributed by atoms with Crippen molar-refractivity contribution in [3.05, 3.63) is 82.9 Å². The first-order valence-corrected chi connectivity index (χ1v) is 11.3. The summed E-state index contributed by atoms with van der Waals surface area (Å²) in [4.78, 5) is 24.1. The predicted octanol–water partition coefficient (Wildman–Crippen LogP) is 4.81. The minimum atomic E-state index is -0.901. The molecule has 0 heterocycles. The van der Waals surface area contributed by atoms with E-state index in [1.807, 2.05) is 19.1 Å². The summed E-state index contributed by atoms with van der Waals surface area (Å²) in [5, 5.41) is 7.01. The summed E-state index contributed by atoms with van der Waals surface area (Å²) in [5.74, 6) is -0.00135. The smallest absolute Gasteiger partial charge is 0.329 e. The first-order chi connectivity index (χ1) is 17.0. The highest BCUT2D eigenvalue weighted by Crippen LogP contribution is 2.28. The highest BCUT2D eigenvalue weighted by atomic mass is 35.5. The van der Waals surface area contributed by atoms with E-state index >= 15 is 0 Å². The number of hydrogen-bond donors (Lipinski definition) is 2. The van der Waals surface area contributed by atoms with E-state index in [1.165, 1.54) is 13.3 Å². The van der Waals surface area contributed by atoms with E-state index in [2.05, 4.69) is 15.8 Å². The zero-order valence-electron chi connectivity index (χ0n) is 19.4. The van der Waals surface area contributed by atoms with Crippen molar-refractivity contribution in [2.75, 3.05) is 19.0 Å². The minimum Gasteiger partial charge on any atom is -0.494 e. The maximum atomic E-state index is 12.1. The summed E-state index contributed by atoms with van der Waals surface area (Å²) in [6.45, 7) is 2.97. The largest absolute Gasteiger partial charge is 0.494 e. The number of nitrogens with one attached hydrogen (secondary N) is 2. The Hall–Kier alpha value is -4.04. The number of carbonyl (C=O) groups is 2. The summed E-state index contributed by atoms with van der Waals surface area (Å²) in [7, 11) is 1.53. The van der Waals surface area contributed by atoms with Crippen LogP contribution in [0.1, 0.15) is 24.5 Å². The van der Waals surface area contributed by atoms with Gasteiger partial charge in [-0.05, 0) is 72.1 Å². The number of hydrazone groups is 1. The molecule has 182 valence electrons. The fourth-order valence-electron chi connectivity index (χ4n) is 2.88. The number of anilines is 1. The van der Waals surface area contributed by atoms with E-state index in [4.69, 9.17) is 25.8 Å². The van der Waals surface area contributed by atoms with Crippen LogP contribution < -0.4 is 25.0 Å². The molecule has 0 saturated carbocycles. The summed E-state index contributed by atoms with van der Waals surface area (Å²) in [6.07, 6.45) is 2.30. The Bertz CT molecular complexity index is 1160. The summed E-state index contributed by atoms with van der Waals surface area (Å²) in [6, 6.07) is 19.3. The lowest BCUT2D eigenvalue weighted by Gasteiger charge is -2.11. The molecule has 0 radical (unpaired) electrons. The van der Waals surface area contributed by atoms with Gasteiger partial charge in [-0.1, -0.05) is 30.7 Å². The Labute approximate surface area is 208 Å². The van der Waals surface area contributed by atoms with E-state index in [1.54, 1.807) is 54.6 Å². The van der Waals surface area contributed by atoms with Crippen LogP contribution in [-0.2, 0) is 16.2 Å². The summed E-state index contributed by atoms with van der Waals surface area (Å²) >= 11 is 5.90. The van der Waals surface area contributed by atoms with Crippen molar-refractivity contribution >= 4 is 35.3 Å². The van der Waals surface area contributed by atoms with Crippen LogP contribution in [0.3, 0.4) is 0 Å². The van der Waals surface area contributed by atoms with Crippen LogP contribution in [0.5, 0.6) is 17.2 Å². The first-order valence-electron chi connectivity index (χ1n) is 10.9. The molecule has 0 aliphatic heterocycles. The van der Waals surface area contributed by atoms with Gasteiger partial charge in [-0.3, -0.25) is 9.59 Å². The topological polar surface area (TPSA) is 98.2 Å². The van der Waals surface area contributed by atoms with E-state index < -0.39 is 11.8 Å². The molecule has 0 aliphatic carbocycles. The Morgan fingerprint density at radius 2 is 1.69 bits per heavy atom. The number of nitrogens with zero attached hydrogens (tertiary/aromatic N) is 1. The molecule has 0 aromatic heterocycles. The summed E-state index contributed by atoms with van der Waals surface area (Å²) < 4.78 is 16.7. The second-order valence-corrected chi connectivity index (χ2v) is 7.79. The van der Waals surface area contributed by atoms with Crippen molar-refractivity contribution in [3.63, 3.8) is 0 Å². The van der Waals surface area contributed by atoms with Gasteiger partial charge in [-0.15, -0.1) is 0 Å². The maximum absolute atomic E-state index is 12.1. The van der Waals surface area contributed by atoms with Crippen molar-refractivity contribution in [3.8, 4) is 17.2 Å². The molecular weight excluding hydrogens is 470 g/mol. The summed E-state index contributed by atoms with van der Waals surface area (Å²) in [5.41, 5.74) is 4.28. The van der Waals surface area contributed by atoms with Crippen molar-refractivity contribution in [2.24, 2.45) is 5.10 Å². The number of ether oxygens (including phenoxy) is 3. The van der Waals surface area contributed by atoms with Gasteiger partial charge in [0.15, 0.2) is 11.5 Å². The van der Waals surface area contributed by atoms with Crippen molar-refractivity contribution in [1.82, 2.24) is 5.43 Å². The molecule has 8 nitrogen and oxygen atoms in total. The van der Waals surface area contributed by atoms with Crippen LogP contribution in [0.2, 0.25) is 5.02 Å². The number of amides is 2. The van der Waals surface area contributed by atoms with Gasteiger partial charge in [0.2, 0.25) is 0 Å². The van der Waals surface area contributed by atoms with Crippen LogP contribution >= 0.6 is 11.6 Å². The molecule has 0 unspecified atom stereocenters. The zero-order valence-corrected chi connectivity index (χ0v) is 20.2. The lowest BCUT2D eigenvalue weighted by atomic mass is 10.2. The monoisotopic (exact) mass is 495 g/mol. The lowest BCUT2D eigenvalue weighted by Crippen LogP contribution is -2.32. The molecule has 0 bridgehead atoms. The van der Waals surface area contributed by atoms with E-state index in [9.17, 15) is 9.59 Å². The first kappa shape index (κ1) is 25.6. The molecule has 0 aliphatic rings. The maximum Gasteiger partial charge on any atom is 0.329 e. The van der Waals surface area contributed by atoms with E-state index in [0.29, 0.717) is 46.7 Å². The normalized spacial score (nSPS) is 10.6. The molecule has 35 heavy (non-hydrogen) atoms. The fraction of sp³-hybridized carbons (Fsp3) is 0.192. The highest BCUT2D eigenvalue weighted by Gasteiger charge is 2.13. The minimum absolute atomic E-state index is 0.348. The van der Waals surface area contributed by atoms with Crippen LogP contribution in [0.15, 0.2) is 71.8 Å². The Balaban J connectivity index is 1.51. The number of halogens is 1. The van der Waals surface area contributed by atoms with Crippen LogP contribution in [0, 0.1) is 0 Å². The molecule has 2 amide bonds. The zero-order chi connectivity index (χ0) is 25.0. The molecule has 2 N–H and O–H groups in total. The third-order valence-corrected chi connectivity index (χ3v) is 4.92. The van der Waals surface area contributed by atoms with Gasteiger partial charge in [-0.2, -0.15) is 5.10 Å². The number of methoxy groups -OCH3 is 1. The molecule has 3 aromatic carbocycles. The number of hydrogen-bond acceptors (Lipinski definition) is 6. The van der Waals surface area contributed by atoms with Crippen LogP contribution in [0.25, 0.3) is 0 Å². The van der Waals surface area contributed by atoms with Gasteiger partial charge in [0.05, 0.1) is 19.9 Å². The van der Waals surface area contributed by atoms with Gasteiger partial charge in [-0.25, -0.2) is 5.43 Å². The molecule has 9 heteroatoms. The standard InChI is InChI=1S/C26H26ClN3O5/c1-3-14-34-22-11-9-21(10-12-22)29-25(31)26(32)30-28-16-19-6-13-23(24(15-19)33-2)35-17-18-4-7-20(27)8-5-18/h4-13,15-16H,3,14,17H2,1-2H3,(H,29,31)(H,30,32)/b28-16-.